The number of primary amides is 1. The zero-order valence-electron chi connectivity index (χ0n) is 22.4. The van der Waals surface area contributed by atoms with E-state index in [0.717, 1.165) is 55.0 Å². The fourth-order valence-corrected chi connectivity index (χ4v) is 5.68. The zero-order valence-corrected chi connectivity index (χ0v) is 22.4. The van der Waals surface area contributed by atoms with Crippen LogP contribution in [0.4, 0.5) is 10.1 Å². The van der Waals surface area contributed by atoms with Gasteiger partial charge in [-0.1, -0.05) is 38.1 Å². The number of aromatic nitrogens is 3. The number of anilines is 1. The highest BCUT2D eigenvalue weighted by Crippen LogP contribution is 2.34. The lowest BCUT2D eigenvalue weighted by molar-refractivity contribution is -0.139. The number of rotatable bonds is 9. The monoisotopic (exact) mass is 530 g/mol. The van der Waals surface area contributed by atoms with Crippen molar-refractivity contribution in [2.75, 3.05) is 18.0 Å². The third-order valence-electron chi connectivity index (χ3n) is 8.04. The predicted molar refractivity (Wildman–Crippen MR) is 147 cm³/mol. The summed E-state index contributed by atoms with van der Waals surface area (Å²) in [6, 6.07) is 14.6. The molecule has 39 heavy (non-hydrogen) atoms. The molecular formula is C30H35FN6O2. The summed E-state index contributed by atoms with van der Waals surface area (Å²) >= 11 is 0. The molecule has 0 radical (unpaired) electrons. The summed E-state index contributed by atoms with van der Waals surface area (Å²) < 4.78 is 15.2. The molecule has 2 unspecified atom stereocenters. The zero-order chi connectivity index (χ0) is 27.5. The van der Waals surface area contributed by atoms with E-state index >= 15 is 0 Å². The second kappa shape index (κ2) is 11.4. The maximum atomic E-state index is 13.2. The third-order valence-corrected chi connectivity index (χ3v) is 8.04. The quantitative estimate of drug-likeness (QED) is 0.448. The van der Waals surface area contributed by atoms with Gasteiger partial charge in [0, 0.05) is 37.3 Å². The van der Waals surface area contributed by atoms with Crippen LogP contribution in [0.3, 0.4) is 0 Å². The lowest BCUT2D eigenvalue weighted by Gasteiger charge is -2.36. The molecule has 3 heterocycles. The Kier molecular flexibility index (Phi) is 7.77. The Hall–Kier alpha value is -4.01. The number of amides is 2. The van der Waals surface area contributed by atoms with Crippen LogP contribution in [0.25, 0.3) is 0 Å². The maximum absolute atomic E-state index is 13.2. The van der Waals surface area contributed by atoms with Crippen LogP contribution in [0.1, 0.15) is 62.0 Å². The van der Waals surface area contributed by atoms with Gasteiger partial charge in [-0.25, -0.2) is 14.1 Å². The van der Waals surface area contributed by atoms with Crippen molar-refractivity contribution in [1.29, 1.82) is 0 Å². The molecule has 1 saturated heterocycles. The smallest absolute Gasteiger partial charge is 0.244 e. The van der Waals surface area contributed by atoms with E-state index in [0.29, 0.717) is 6.42 Å². The van der Waals surface area contributed by atoms with Crippen LogP contribution in [-0.2, 0) is 16.0 Å². The van der Waals surface area contributed by atoms with Crippen molar-refractivity contribution in [2.45, 2.75) is 57.5 Å². The minimum Gasteiger partial charge on any atom is -0.371 e. The van der Waals surface area contributed by atoms with Crippen molar-refractivity contribution in [2.24, 2.45) is 11.7 Å². The normalized spacial score (nSPS) is 19.0. The van der Waals surface area contributed by atoms with Crippen LogP contribution in [0, 0.1) is 11.7 Å². The van der Waals surface area contributed by atoms with Crippen LogP contribution < -0.4 is 10.6 Å². The first-order valence-electron chi connectivity index (χ1n) is 13.6. The molecule has 0 aliphatic carbocycles. The average Bonchev–Trinajstić information content (AvgIpc) is 3.38. The van der Waals surface area contributed by atoms with Crippen molar-refractivity contribution in [3.8, 4) is 0 Å². The minimum absolute atomic E-state index is 0.0344. The topological polar surface area (TPSA) is 97.3 Å². The fourth-order valence-electron chi connectivity index (χ4n) is 5.68. The second-order valence-corrected chi connectivity index (χ2v) is 10.5. The van der Waals surface area contributed by atoms with Gasteiger partial charge in [0.15, 0.2) is 5.82 Å². The van der Waals surface area contributed by atoms with Gasteiger partial charge >= 0.3 is 0 Å². The van der Waals surface area contributed by atoms with Crippen LogP contribution >= 0.6 is 0 Å². The number of benzene rings is 2. The summed E-state index contributed by atoms with van der Waals surface area (Å²) in [6.45, 7) is 5.81. The van der Waals surface area contributed by atoms with Crippen LogP contribution in [0.2, 0.25) is 0 Å². The molecule has 1 fully saturated rings. The van der Waals surface area contributed by atoms with E-state index in [9.17, 15) is 14.0 Å². The molecule has 2 N–H and O–H groups in total. The van der Waals surface area contributed by atoms with Gasteiger partial charge in [-0.05, 0) is 66.6 Å². The largest absolute Gasteiger partial charge is 0.371 e. The van der Waals surface area contributed by atoms with Gasteiger partial charge in [0.25, 0.3) is 0 Å². The third kappa shape index (κ3) is 5.72. The molecule has 0 saturated carbocycles. The second-order valence-electron chi connectivity index (χ2n) is 10.5. The lowest BCUT2D eigenvalue weighted by atomic mass is 9.83. The van der Waals surface area contributed by atoms with Crippen LogP contribution in [-0.4, -0.2) is 50.6 Å². The Morgan fingerprint density at radius 2 is 1.87 bits per heavy atom. The molecular weight excluding hydrogens is 495 g/mol. The van der Waals surface area contributed by atoms with E-state index in [-0.39, 0.29) is 29.6 Å². The molecule has 9 heteroatoms. The fraction of sp³-hybridized carbons (Fsp3) is 0.400. The number of halogens is 1. The predicted octanol–water partition coefficient (Wildman–Crippen LogP) is 4.19. The summed E-state index contributed by atoms with van der Waals surface area (Å²) in [5.41, 5.74) is 8.68. The summed E-state index contributed by atoms with van der Waals surface area (Å²) in [5, 5.41) is 4.70. The first-order valence-corrected chi connectivity index (χ1v) is 13.6. The van der Waals surface area contributed by atoms with E-state index in [2.05, 4.69) is 41.1 Å². The number of hydrogen-bond donors (Lipinski definition) is 1. The van der Waals surface area contributed by atoms with Crippen LogP contribution in [0.15, 0.2) is 67.1 Å². The minimum atomic E-state index is -0.644. The van der Waals surface area contributed by atoms with E-state index in [1.807, 2.05) is 11.6 Å². The van der Waals surface area contributed by atoms with E-state index in [1.54, 1.807) is 30.7 Å². The Balaban J connectivity index is 1.20. The van der Waals surface area contributed by atoms with Gasteiger partial charge in [0.1, 0.15) is 18.2 Å². The number of nitrogens with zero attached hydrogens (tertiary/aromatic N) is 5. The van der Waals surface area contributed by atoms with Crippen LogP contribution in [0.5, 0.6) is 0 Å². The van der Waals surface area contributed by atoms with Gasteiger partial charge in [-0.3, -0.25) is 9.59 Å². The number of nitrogens with two attached hydrogens (primary N) is 1. The molecule has 3 aromatic rings. The average molecular weight is 531 g/mol. The summed E-state index contributed by atoms with van der Waals surface area (Å²) in [6.07, 6.45) is 8.39. The molecule has 3 atom stereocenters. The van der Waals surface area contributed by atoms with Crippen molar-refractivity contribution in [1.82, 2.24) is 19.7 Å². The highest BCUT2D eigenvalue weighted by atomic mass is 19.1. The SMILES string of the molecule is CC[C@H](c1cccc(N2CCC(n3cnc(Cc4ccc(F)cc4)n3)CC2)c1)C(C)C(=O)N1C=CC1C(N)=O. The van der Waals surface area contributed by atoms with Gasteiger partial charge < -0.3 is 15.5 Å². The Bertz CT molecular complexity index is 1350. The van der Waals surface area contributed by atoms with Crippen molar-refractivity contribution >= 4 is 17.5 Å². The number of piperidine rings is 1. The van der Waals surface area contributed by atoms with Crippen molar-refractivity contribution in [3.05, 3.63) is 89.9 Å². The molecule has 2 aliphatic heterocycles. The first kappa shape index (κ1) is 26.6. The molecule has 2 amide bonds. The lowest BCUT2D eigenvalue weighted by Crippen LogP contribution is -2.51. The first-order chi connectivity index (χ1) is 18.8. The molecule has 2 aliphatic rings. The van der Waals surface area contributed by atoms with Gasteiger partial charge in [-0.15, -0.1) is 0 Å². The summed E-state index contributed by atoms with van der Waals surface area (Å²) in [7, 11) is 0. The molecule has 8 nitrogen and oxygen atoms in total. The maximum Gasteiger partial charge on any atom is 0.244 e. The molecule has 0 bridgehead atoms. The van der Waals surface area contributed by atoms with Crippen molar-refractivity contribution in [3.63, 3.8) is 0 Å². The van der Waals surface area contributed by atoms with Gasteiger partial charge in [0.05, 0.1) is 6.04 Å². The van der Waals surface area contributed by atoms with Gasteiger partial charge in [0.2, 0.25) is 11.8 Å². The Morgan fingerprint density at radius 1 is 1.13 bits per heavy atom. The van der Waals surface area contributed by atoms with Gasteiger partial charge in [-0.2, -0.15) is 5.10 Å². The highest BCUT2D eigenvalue weighted by Gasteiger charge is 2.36. The Morgan fingerprint density at radius 3 is 2.51 bits per heavy atom. The Labute approximate surface area is 228 Å². The number of carbonyl (C=O) groups is 2. The molecule has 1 aromatic heterocycles. The number of hydrogen-bond acceptors (Lipinski definition) is 5. The standard InChI is InChI=1S/C30H35FN6O2/c1-3-26(20(2)30(39)36-16-13-27(36)29(32)38)22-5-4-6-25(18-22)35-14-11-24(12-15-35)37-19-33-28(34-37)17-21-7-9-23(31)10-8-21/h4-10,13,16,18-20,24,26-27H,3,11-12,14-15,17H2,1-2H3,(H2,32,38)/t20?,26-,27?/m0/s1. The molecule has 5 rings (SSSR count). The summed E-state index contributed by atoms with van der Waals surface area (Å²) in [4.78, 5) is 33.0. The van der Waals surface area contributed by atoms with E-state index in [1.165, 1.54) is 17.0 Å². The molecule has 0 spiro atoms. The van der Waals surface area contributed by atoms with E-state index < -0.39 is 11.9 Å². The summed E-state index contributed by atoms with van der Waals surface area (Å²) in [5.74, 6) is -0.337. The number of carbonyl (C=O) groups excluding carboxylic acids is 2. The van der Waals surface area contributed by atoms with E-state index in [4.69, 9.17) is 10.8 Å². The molecule has 204 valence electrons. The van der Waals surface area contributed by atoms with Crippen molar-refractivity contribution < 1.29 is 14.0 Å². The highest BCUT2D eigenvalue weighted by molar-refractivity contribution is 5.92. The molecule has 2 aromatic carbocycles.